The number of carboxylic acids is 1. The number of nitrogens with zero attached hydrogens (tertiary/aromatic N) is 2. The zero-order chi connectivity index (χ0) is 10.0. The fraction of sp³-hybridized carbons (Fsp3) is 0.429. The number of ether oxygens (including phenoxy) is 1. The van der Waals surface area contributed by atoms with Gasteiger partial charge in [0.25, 0.3) is 0 Å². The van der Waals surface area contributed by atoms with E-state index in [1.54, 1.807) is 7.05 Å². The lowest BCUT2D eigenvalue weighted by atomic mass is 10.3. The first-order chi connectivity index (χ1) is 6.06. The number of hydrogen-bond donors (Lipinski definition) is 1. The summed E-state index contributed by atoms with van der Waals surface area (Å²) < 4.78 is 7.00. The first-order valence-corrected chi connectivity index (χ1v) is 4.32. The van der Waals surface area contributed by atoms with Crippen molar-refractivity contribution in [1.82, 2.24) is 9.78 Å². The van der Waals surface area contributed by atoms with Crippen LogP contribution in [-0.2, 0) is 18.3 Å². The summed E-state index contributed by atoms with van der Waals surface area (Å²) in [7, 11) is 3.16. The number of hydrogen-bond acceptors (Lipinski definition) is 3. The lowest BCUT2D eigenvalue weighted by molar-refractivity contribution is -0.136. The molecule has 0 aliphatic carbocycles. The molecule has 0 saturated heterocycles. The van der Waals surface area contributed by atoms with Crippen molar-refractivity contribution in [2.75, 3.05) is 7.11 Å². The minimum Gasteiger partial charge on any atom is -0.481 e. The number of carboxylic acid groups (broad SMARTS) is 1. The lowest BCUT2D eigenvalue weighted by Gasteiger charge is -1.96. The smallest absolute Gasteiger partial charge is 0.309 e. The summed E-state index contributed by atoms with van der Waals surface area (Å²) in [6, 6.07) is 0. The number of aromatic nitrogens is 2. The van der Waals surface area contributed by atoms with Gasteiger partial charge in [0.05, 0.1) is 19.2 Å². The molecule has 1 N–H and O–H groups in total. The first kappa shape index (κ1) is 10.0. The third kappa shape index (κ3) is 2.00. The maximum absolute atomic E-state index is 10.5. The monoisotopic (exact) mass is 248 g/mol. The summed E-state index contributed by atoms with van der Waals surface area (Å²) in [5.74, 6) is -0.495. The lowest BCUT2D eigenvalue weighted by Crippen LogP contribution is -2.06. The Morgan fingerprint density at radius 1 is 1.77 bits per heavy atom. The Morgan fingerprint density at radius 2 is 2.38 bits per heavy atom. The van der Waals surface area contributed by atoms with Crippen molar-refractivity contribution < 1.29 is 14.6 Å². The number of methoxy groups -OCH3 is 1. The maximum atomic E-state index is 10.5. The molecule has 0 aromatic carbocycles. The molecule has 1 aromatic heterocycles. The van der Waals surface area contributed by atoms with Gasteiger partial charge in [-0.1, -0.05) is 0 Å². The predicted molar refractivity (Wildman–Crippen MR) is 48.8 cm³/mol. The normalized spacial score (nSPS) is 10.1. The second-order valence-electron chi connectivity index (χ2n) is 2.46. The molecule has 1 heterocycles. The zero-order valence-corrected chi connectivity index (χ0v) is 8.83. The summed E-state index contributed by atoms with van der Waals surface area (Å²) in [6.45, 7) is 0. The van der Waals surface area contributed by atoms with Gasteiger partial charge in [-0.3, -0.25) is 9.48 Å². The molecular weight excluding hydrogens is 240 g/mol. The van der Waals surface area contributed by atoms with E-state index in [1.807, 2.05) is 0 Å². The highest BCUT2D eigenvalue weighted by atomic mass is 79.9. The highest BCUT2D eigenvalue weighted by molar-refractivity contribution is 9.10. The Balaban J connectivity index is 3.05. The molecule has 1 aromatic rings. The summed E-state index contributed by atoms with van der Waals surface area (Å²) >= 11 is 3.22. The van der Waals surface area contributed by atoms with Crippen LogP contribution in [0, 0.1) is 0 Å². The van der Waals surface area contributed by atoms with E-state index in [1.165, 1.54) is 11.8 Å². The zero-order valence-electron chi connectivity index (χ0n) is 7.24. The minimum absolute atomic E-state index is 0.0759. The van der Waals surface area contributed by atoms with Gasteiger partial charge in [-0.25, -0.2) is 0 Å². The van der Waals surface area contributed by atoms with Gasteiger partial charge < -0.3 is 9.84 Å². The third-order valence-corrected chi connectivity index (χ3v) is 2.38. The van der Waals surface area contributed by atoms with Crippen LogP contribution < -0.4 is 4.74 Å². The van der Waals surface area contributed by atoms with Crippen LogP contribution in [0.1, 0.15) is 5.69 Å². The van der Waals surface area contributed by atoms with Crippen molar-refractivity contribution in [3.8, 4) is 5.88 Å². The van der Waals surface area contributed by atoms with Gasteiger partial charge in [0.1, 0.15) is 4.47 Å². The molecule has 0 fully saturated rings. The number of aryl methyl sites for hydroxylation is 1. The average molecular weight is 249 g/mol. The number of carbonyl (C=O) groups is 1. The van der Waals surface area contributed by atoms with Gasteiger partial charge in [0.2, 0.25) is 5.88 Å². The van der Waals surface area contributed by atoms with Crippen molar-refractivity contribution in [3.63, 3.8) is 0 Å². The number of aliphatic carboxylic acids is 1. The third-order valence-electron chi connectivity index (χ3n) is 1.58. The topological polar surface area (TPSA) is 64.4 Å². The quantitative estimate of drug-likeness (QED) is 0.861. The standard InChI is InChI=1S/C7H9BrN2O3/c1-10-4(3-5(11)12)6(8)7(9-10)13-2/h3H2,1-2H3,(H,11,12). The largest absolute Gasteiger partial charge is 0.481 e. The van der Waals surface area contributed by atoms with E-state index in [9.17, 15) is 4.79 Å². The number of rotatable bonds is 3. The van der Waals surface area contributed by atoms with E-state index in [4.69, 9.17) is 9.84 Å². The molecular formula is C7H9BrN2O3. The molecule has 1 rings (SSSR count). The molecule has 13 heavy (non-hydrogen) atoms. The molecule has 6 heteroatoms. The molecule has 0 aliphatic heterocycles. The van der Waals surface area contributed by atoms with E-state index in [-0.39, 0.29) is 6.42 Å². The summed E-state index contributed by atoms with van der Waals surface area (Å²) in [5, 5.41) is 12.6. The molecule has 0 atom stereocenters. The van der Waals surface area contributed by atoms with E-state index in [0.717, 1.165) is 0 Å². The minimum atomic E-state index is -0.897. The molecule has 0 bridgehead atoms. The van der Waals surface area contributed by atoms with Crippen LogP contribution in [0.3, 0.4) is 0 Å². The fourth-order valence-corrected chi connectivity index (χ4v) is 1.61. The maximum Gasteiger partial charge on any atom is 0.309 e. The molecule has 72 valence electrons. The van der Waals surface area contributed by atoms with Crippen molar-refractivity contribution in [3.05, 3.63) is 10.2 Å². The average Bonchev–Trinajstić information content (AvgIpc) is 2.31. The Bertz CT molecular complexity index is 335. The van der Waals surface area contributed by atoms with Crippen LogP contribution in [0.15, 0.2) is 4.47 Å². The molecule has 0 radical (unpaired) electrons. The predicted octanol–water partition coefficient (Wildman–Crippen LogP) is 0.818. The molecule has 5 nitrogen and oxygen atoms in total. The van der Waals surface area contributed by atoms with Crippen LogP contribution in [0.5, 0.6) is 5.88 Å². The van der Waals surface area contributed by atoms with Crippen molar-refractivity contribution in [1.29, 1.82) is 0 Å². The van der Waals surface area contributed by atoms with Gasteiger partial charge >= 0.3 is 5.97 Å². The van der Waals surface area contributed by atoms with Gasteiger partial charge in [-0.2, -0.15) is 0 Å². The Kier molecular flexibility index (Phi) is 2.92. The summed E-state index contributed by atoms with van der Waals surface area (Å²) in [6.07, 6.45) is -0.0759. The molecule has 0 aliphatic rings. The van der Waals surface area contributed by atoms with Crippen molar-refractivity contribution in [2.24, 2.45) is 7.05 Å². The second kappa shape index (κ2) is 3.78. The van der Waals surface area contributed by atoms with Gasteiger partial charge in [-0.15, -0.1) is 5.10 Å². The summed E-state index contributed by atoms with van der Waals surface area (Å²) in [4.78, 5) is 10.5. The SMILES string of the molecule is COc1nn(C)c(CC(=O)O)c1Br. The Morgan fingerprint density at radius 3 is 2.77 bits per heavy atom. The molecule has 0 saturated carbocycles. The van der Waals surface area contributed by atoms with Gasteiger partial charge in [0, 0.05) is 7.05 Å². The highest BCUT2D eigenvalue weighted by Gasteiger charge is 2.16. The van der Waals surface area contributed by atoms with Crippen LogP contribution >= 0.6 is 15.9 Å². The van der Waals surface area contributed by atoms with Crippen LogP contribution in [-0.4, -0.2) is 28.0 Å². The second-order valence-corrected chi connectivity index (χ2v) is 3.26. The Hall–Kier alpha value is -1.04. The fourth-order valence-electron chi connectivity index (χ4n) is 0.972. The van der Waals surface area contributed by atoms with E-state index >= 15 is 0 Å². The molecule has 0 amide bonds. The van der Waals surface area contributed by atoms with E-state index < -0.39 is 5.97 Å². The van der Waals surface area contributed by atoms with Crippen LogP contribution in [0.25, 0.3) is 0 Å². The van der Waals surface area contributed by atoms with Crippen molar-refractivity contribution in [2.45, 2.75) is 6.42 Å². The van der Waals surface area contributed by atoms with Crippen molar-refractivity contribution >= 4 is 21.9 Å². The van der Waals surface area contributed by atoms with E-state index in [0.29, 0.717) is 16.0 Å². The van der Waals surface area contributed by atoms with E-state index in [2.05, 4.69) is 21.0 Å². The summed E-state index contributed by atoms with van der Waals surface area (Å²) in [5.41, 5.74) is 0.587. The highest BCUT2D eigenvalue weighted by Crippen LogP contribution is 2.27. The van der Waals surface area contributed by atoms with Crippen LogP contribution in [0.2, 0.25) is 0 Å². The first-order valence-electron chi connectivity index (χ1n) is 3.53. The number of halogens is 1. The molecule has 0 spiro atoms. The molecule has 0 unspecified atom stereocenters. The van der Waals surface area contributed by atoms with Crippen LogP contribution in [0.4, 0.5) is 0 Å². The van der Waals surface area contributed by atoms with Gasteiger partial charge in [0.15, 0.2) is 0 Å². The van der Waals surface area contributed by atoms with Gasteiger partial charge in [-0.05, 0) is 15.9 Å². The Labute approximate surface area is 83.4 Å².